The number of nitrogens with zero attached hydrogens (tertiary/aromatic N) is 2. The fourth-order valence-electron chi connectivity index (χ4n) is 3.20. The molecule has 5 N–H and O–H groups in total. The first-order chi connectivity index (χ1) is 12.2. The van der Waals surface area contributed by atoms with Crippen LogP contribution in [0.3, 0.4) is 0 Å². The van der Waals surface area contributed by atoms with Crippen LogP contribution in [-0.4, -0.2) is 39.2 Å². The Morgan fingerprint density at radius 2 is 2.24 bits per heavy atom. The van der Waals surface area contributed by atoms with Crippen molar-refractivity contribution in [3.05, 3.63) is 36.0 Å². The molecule has 1 aromatic carbocycles. The number of nitrogens with one attached hydrogen (secondary N) is 4. The van der Waals surface area contributed by atoms with Gasteiger partial charge in [0.05, 0.1) is 5.52 Å². The Morgan fingerprint density at radius 1 is 1.32 bits per heavy atom. The monoisotopic (exact) mass is 338 g/mol. The molecule has 1 atom stereocenters. The maximum absolute atomic E-state index is 10.1. The van der Waals surface area contributed by atoms with Crippen molar-refractivity contribution in [2.45, 2.75) is 25.8 Å². The Labute approximate surface area is 145 Å². The Balaban J connectivity index is 1.64. The van der Waals surface area contributed by atoms with Crippen LogP contribution in [0.15, 0.2) is 30.5 Å². The molecule has 3 aromatic rings. The summed E-state index contributed by atoms with van der Waals surface area (Å²) in [6, 6.07) is 8.48. The van der Waals surface area contributed by atoms with Gasteiger partial charge in [0.2, 0.25) is 11.8 Å². The maximum Gasteiger partial charge on any atom is 0.225 e. The van der Waals surface area contributed by atoms with E-state index in [0.29, 0.717) is 28.7 Å². The molecule has 0 aliphatic carbocycles. The molecule has 0 bridgehead atoms. The number of aromatic hydroxyl groups is 1. The Hall–Kier alpha value is -2.80. The van der Waals surface area contributed by atoms with Gasteiger partial charge in [0.15, 0.2) is 0 Å². The number of aromatic amines is 1. The molecule has 3 heterocycles. The van der Waals surface area contributed by atoms with E-state index in [1.54, 1.807) is 6.20 Å². The number of hydrogen-bond donors (Lipinski definition) is 5. The molecule has 4 rings (SSSR count). The number of H-pyrrole nitrogens is 1. The summed E-state index contributed by atoms with van der Waals surface area (Å²) in [4.78, 5) is 11.9. The highest BCUT2D eigenvalue weighted by atomic mass is 16.3. The summed E-state index contributed by atoms with van der Waals surface area (Å²) in [6.45, 7) is 3.89. The van der Waals surface area contributed by atoms with E-state index in [1.807, 2.05) is 31.2 Å². The van der Waals surface area contributed by atoms with Crippen LogP contribution < -0.4 is 16.0 Å². The van der Waals surface area contributed by atoms with Gasteiger partial charge in [0, 0.05) is 24.5 Å². The third-order valence-electron chi connectivity index (χ3n) is 4.47. The minimum Gasteiger partial charge on any atom is -0.494 e. The smallest absolute Gasteiger partial charge is 0.225 e. The van der Waals surface area contributed by atoms with E-state index in [9.17, 15) is 5.11 Å². The summed E-state index contributed by atoms with van der Waals surface area (Å²) in [7, 11) is 0. The van der Waals surface area contributed by atoms with E-state index in [1.165, 1.54) is 6.42 Å². The third kappa shape index (κ3) is 3.36. The SMILES string of the molecule is Cc1cccc(Nc2nc(NCC3CCCN3)nc3c[nH]c(O)c23)c1. The second-order valence-electron chi connectivity index (χ2n) is 6.46. The summed E-state index contributed by atoms with van der Waals surface area (Å²) in [5.74, 6) is 1.20. The van der Waals surface area contributed by atoms with E-state index >= 15 is 0 Å². The Kier molecular flexibility index (Phi) is 4.15. The van der Waals surface area contributed by atoms with Gasteiger partial charge in [-0.3, -0.25) is 0 Å². The van der Waals surface area contributed by atoms with Crippen LogP contribution in [0.2, 0.25) is 0 Å². The first-order valence-corrected chi connectivity index (χ1v) is 8.58. The summed E-state index contributed by atoms with van der Waals surface area (Å²) in [5.41, 5.74) is 2.74. The van der Waals surface area contributed by atoms with Crippen molar-refractivity contribution >= 4 is 28.4 Å². The highest BCUT2D eigenvalue weighted by Crippen LogP contribution is 2.31. The van der Waals surface area contributed by atoms with E-state index in [-0.39, 0.29) is 5.88 Å². The molecular formula is C18H22N6O. The molecule has 25 heavy (non-hydrogen) atoms. The lowest BCUT2D eigenvalue weighted by molar-refractivity contribution is 0.463. The van der Waals surface area contributed by atoms with Crippen molar-refractivity contribution < 1.29 is 5.11 Å². The quantitative estimate of drug-likeness (QED) is 0.491. The lowest BCUT2D eigenvalue weighted by Gasteiger charge is -2.13. The summed E-state index contributed by atoms with van der Waals surface area (Å²) in [5, 5.41) is 20.8. The number of hydrogen-bond acceptors (Lipinski definition) is 6. The predicted molar refractivity (Wildman–Crippen MR) is 99.5 cm³/mol. The number of aryl methyl sites for hydroxylation is 1. The molecule has 130 valence electrons. The van der Waals surface area contributed by atoms with Gasteiger partial charge >= 0.3 is 0 Å². The van der Waals surface area contributed by atoms with Gasteiger partial charge in [0.1, 0.15) is 11.2 Å². The van der Waals surface area contributed by atoms with Crippen molar-refractivity contribution in [1.29, 1.82) is 0 Å². The van der Waals surface area contributed by atoms with Crippen LogP contribution >= 0.6 is 0 Å². The molecule has 1 saturated heterocycles. The predicted octanol–water partition coefficient (Wildman–Crippen LogP) is 2.88. The number of benzene rings is 1. The number of aromatic nitrogens is 3. The topological polar surface area (TPSA) is 97.9 Å². The number of rotatable bonds is 5. The van der Waals surface area contributed by atoms with Crippen LogP contribution in [-0.2, 0) is 0 Å². The zero-order chi connectivity index (χ0) is 17.2. The molecule has 7 heteroatoms. The normalized spacial score (nSPS) is 17.1. The van der Waals surface area contributed by atoms with Crippen molar-refractivity contribution in [1.82, 2.24) is 20.3 Å². The van der Waals surface area contributed by atoms with Crippen molar-refractivity contribution in [3.63, 3.8) is 0 Å². The molecule has 1 fully saturated rings. The highest BCUT2D eigenvalue weighted by Gasteiger charge is 2.16. The van der Waals surface area contributed by atoms with Gasteiger partial charge in [0.25, 0.3) is 0 Å². The van der Waals surface area contributed by atoms with Gasteiger partial charge in [-0.05, 0) is 44.0 Å². The lowest BCUT2D eigenvalue weighted by Crippen LogP contribution is -2.29. The van der Waals surface area contributed by atoms with Crippen LogP contribution in [0.4, 0.5) is 17.5 Å². The van der Waals surface area contributed by atoms with Crippen LogP contribution in [0, 0.1) is 6.92 Å². The standard InChI is InChI=1S/C18H22N6O/c1-11-4-2-5-12(8-11)22-16-15-14(10-20-17(15)25)23-18(24-16)21-9-13-6-3-7-19-13/h2,4-5,8,10,13,19-20,25H,3,6-7,9H2,1H3,(H2,21,22,23,24). The molecule has 0 radical (unpaired) electrons. The number of fused-ring (bicyclic) bond motifs is 1. The minimum atomic E-state index is 0.0640. The molecule has 0 spiro atoms. The molecule has 0 saturated carbocycles. The molecular weight excluding hydrogens is 316 g/mol. The Morgan fingerprint density at radius 3 is 3.04 bits per heavy atom. The zero-order valence-corrected chi connectivity index (χ0v) is 14.1. The summed E-state index contributed by atoms with van der Waals surface area (Å²) < 4.78 is 0. The highest BCUT2D eigenvalue weighted by molar-refractivity contribution is 5.96. The minimum absolute atomic E-state index is 0.0640. The summed E-state index contributed by atoms with van der Waals surface area (Å²) in [6.07, 6.45) is 4.06. The van der Waals surface area contributed by atoms with Gasteiger partial charge in [-0.1, -0.05) is 12.1 Å². The second-order valence-corrected chi connectivity index (χ2v) is 6.46. The van der Waals surface area contributed by atoms with E-state index in [2.05, 4.69) is 30.9 Å². The Bertz CT molecular complexity index is 884. The van der Waals surface area contributed by atoms with Crippen molar-refractivity contribution in [2.24, 2.45) is 0 Å². The fourth-order valence-corrected chi connectivity index (χ4v) is 3.20. The molecule has 1 aliphatic heterocycles. The molecule has 1 unspecified atom stereocenters. The molecule has 0 amide bonds. The van der Waals surface area contributed by atoms with Gasteiger partial charge in [-0.25, -0.2) is 4.98 Å². The van der Waals surface area contributed by atoms with Crippen LogP contribution in [0.1, 0.15) is 18.4 Å². The second kappa shape index (κ2) is 6.60. The van der Waals surface area contributed by atoms with Gasteiger partial charge < -0.3 is 26.0 Å². The summed E-state index contributed by atoms with van der Waals surface area (Å²) >= 11 is 0. The van der Waals surface area contributed by atoms with Gasteiger partial charge in [-0.15, -0.1) is 0 Å². The average Bonchev–Trinajstić information content (AvgIpc) is 3.23. The van der Waals surface area contributed by atoms with E-state index in [0.717, 1.165) is 30.8 Å². The van der Waals surface area contributed by atoms with E-state index < -0.39 is 0 Å². The lowest BCUT2D eigenvalue weighted by atomic mass is 10.2. The van der Waals surface area contributed by atoms with Crippen molar-refractivity contribution in [2.75, 3.05) is 23.7 Å². The third-order valence-corrected chi connectivity index (χ3v) is 4.47. The van der Waals surface area contributed by atoms with Gasteiger partial charge in [-0.2, -0.15) is 4.98 Å². The van der Waals surface area contributed by atoms with Crippen LogP contribution in [0.25, 0.3) is 10.9 Å². The largest absolute Gasteiger partial charge is 0.494 e. The average molecular weight is 338 g/mol. The first kappa shape index (κ1) is 15.7. The molecule has 7 nitrogen and oxygen atoms in total. The maximum atomic E-state index is 10.1. The fraction of sp³-hybridized carbons (Fsp3) is 0.333. The van der Waals surface area contributed by atoms with Crippen LogP contribution in [0.5, 0.6) is 5.88 Å². The first-order valence-electron chi connectivity index (χ1n) is 8.58. The van der Waals surface area contributed by atoms with Crippen molar-refractivity contribution in [3.8, 4) is 5.88 Å². The number of anilines is 3. The molecule has 2 aromatic heterocycles. The zero-order valence-electron chi connectivity index (χ0n) is 14.1. The molecule has 1 aliphatic rings. The van der Waals surface area contributed by atoms with E-state index in [4.69, 9.17) is 0 Å².